The molecule has 0 atom stereocenters. The van der Waals surface area contributed by atoms with Crippen molar-refractivity contribution in [3.05, 3.63) is 83.4 Å². The highest BCUT2D eigenvalue weighted by molar-refractivity contribution is 6.30. The van der Waals surface area contributed by atoms with Gasteiger partial charge in [0.25, 0.3) is 0 Å². The van der Waals surface area contributed by atoms with Crippen LogP contribution in [0.4, 0.5) is 29.2 Å². The number of aromatic nitrogens is 3. The number of phenolic OH excluding ortho intramolecular Hbond substituents is 1. The van der Waals surface area contributed by atoms with Crippen LogP contribution in [0.3, 0.4) is 0 Å². The normalized spacial score (nSPS) is 10.7. The third kappa shape index (κ3) is 6.08. The summed E-state index contributed by atoms with van der Waals surface area (Å²) in [6, 6.07) is 21.5. The molecule has 33 heavy (non-hydrogen) atoms. The van der Waals surface area contributed by atoms with Crippen molar-refractivity contribution >= 4 is 47.0 Å². The lowest BCUT2D eigenvalue weighted by molar-refractivity contribution is 0.415. The van der Waals surface area contributed by atoms with Crippen molar-refractivity contribution in [2.24, 2.45) is 5.10 Å². The van der Waals surface area contributed by atoms with E-state index >= 15 is 0 Å². The second-order valence-electron chi connectivity index (χ2n) is 6.72. The topological polar surface area (TPSA) is 117 Å². The first-order valence-corrected chi connectivity index (χ1v) is 10.2. The standard InChI is InChI=1S/C23H20ClN7O2/c1-33-19-10-8-18(9-11-19)27-22-28-21(26-17-5-3-2-4-6-17)29-23(30-22)31-25-14-15-13-16(24)7-12-20(15)32/h2-14,32H,1H3,(H3,26,27,28,29,30,31)/b25-14+. The molecule has 4 aromatic rings. The monoisotopic (exact) mass is 461 g/mol. The Balaban J connectivity index is 1.58. The van der Waals surface area contributed by atoms with Crippen LogP contribution in [-0.2, 0) is 0 Å². The molecule has 1 aromatic heterocycles. The summed E-state index contributed by atoms with van der Waals surface area (Å²) in [6.45, 7) is 0. The van der Waals surface area contributed by atoms with E-state index in [2.05, 4.69) is 36.1 Å². The molecule has 0 spiro atoms. The van der Waals surface area contributed by atoms with Gasteiger partial charge in [-0.05, 0) is 54.6 Å². The first kappa shape index (κ1) is 21.8. The number of benzene rings is 3. The second kappa shape index (κ2) is 10.3. The van der Waals surface area contributed by atoms with Crippen LogP contribution in [0.1, 0.15) is 5.56 Å². The molecule has 10 heteroatoms. The molecule has 1 heterocycles. The van der Waals surface area contributed by atoms with Crippen LogP contribution >= 0.6 is 11.6 Å². The van der Waals surface area contributed by atoms with Gasteiger partial charge in [-0.3, -0.25) is 0 Å². The van der Waals surface area contributed by atoms with Crippen LogP contribution in [0.15, 0.2) is 77.9 Å². The molecule has 4 rings (SSSR count). The first-order chi connectivity index (χ1) is 16.1. The van der Waals surface area contributed by atoms with Gasteiger partial charge in [0.1, 0.15) is 11.5 Å². The summed E-state index contributed by atoms with van der Waals surface area (Å²) in [5, 5.41) is 20.8. The quantitative estimate of drug-likeness (QED) is 0.210. The molecule has 0 aliphatic heterocycles. The van der Waals surface area contributed by atoms with E-state index in [1.54, 1.807) is 19.2 Å². The SMILES string of the molecule is COc1ccc(Nc2nc(N/N=C/c3cc(Cl)ccc3O)nc(Nc3ccccc3)n2)cc1. The lowest BCUT2D eigenvalue weighted by atomic mass is 10.2. The number of hydrogen-bond donors (Lipinski definition) is 4. The van der Waals surface area contributed by atoms with E-state index in [9.17, 15) is 5.11 Å². The van der Waals surface area contributed by atoms with Gasteiger partial charge in [-0.25, -0.2) is 5.43 Å². The summed E-state index contributed by atoms with van der Waals surface area (Å²) in [7, 11) is 1.61. The zero-order valence-electron chi connectivity index (χ0n) is 17.5. The van der Waals surface area contributed by atoms with Gasteiger partial charge >= 0.3 is 0 Å². The van der Waals surface area contributed by atoms with Crippen molar-refractivity contribution in [1.82, 2.24) is 15.0 Å². The van der Waals surface area contributed by atoms with Crippen molar-refractivity contribution in [1.29, 1.82) is 0 Å². The second-order valence-corrected chi connectivity index (χ2v) is 7.16. The Bertz CT molecular complexity index is 1250. The van der Waals surface area contributed by atoms with Gasteiger partial charge < -0.3 is 20.5 Å². The molecule has 166 valence electrons. The molecule has 0 saturated heterocycles. The number of rotatable bonds is 8. The summed E-state index contributed by atoms with van der Waals surface area (Å²) in [4.78, 5) is 13.2. The predicted octanol–water partition coefficient (Wildman–Crippen LogP) is 5.17. The first-order valence-electron chi connectivity index (χ1n) is 9.86. The average Bonchev–Trinajstić information content (AvgIpc) is 2.82. The van der Waals surface area contributed by atoms with Crippen LogP contribution in [0.25, 0.3) is 0 Å². The van der Waals surface area contributed by atoms with Crippen molar-refractivity contribution in [3.63, 3.8) is 0 Å². The number of hydrazone groups is 1. The summed E-state index contributed by atoms with van der Waals surface area (Å²) >= 11 is 5.98. The largest absolute Gasteiger partial charge is 0.507 e. The van der Waals surface area contributed by atoms with Gasteiger partial charge in [-0.2, -0.15) is 20.1 Å². The molecule has 4 N–H and O–H groups in total. The molecule has 3 aromatic carbocycles. The number of anilines is 5. The highest BCUT2D eigenvalue weighted by atomic mass is 35.5. The number of phenols is 1. The maximum atomic E-state index is 9.94. The van der Waals surface area contributed by atoms with Crippen LogP contribution in [0, 0.1) is 0 Å². The van der Waals surface area contributed by atoms with E-state index in [-0.39, 0.29) is 11.7 Å². The van der Waals surface area contributed by atoms with Gasteiger partial charge in [0.15, 0.2) is 0 Å². The summed E-state index contributed by atoms with van der Waals surface area (Å²) in [5.74, 6) is 1.60. The molecular formula is C23H20ClN7O2. The minimum absolute atomic E-state index is 0.0499. The molecule has 0 aliphatic rings. The summed E-state index contributed by atoms with van der Waals surface area (Å²) in [5.41, 5.74) is 4.80. The maximum Gasteiger partial charge on any atom is 0.250 e. The minimum atomic E-state index is 0.0499. The molecule has 0 fully saturated rings. The zero-order chi connectivity index (χ0) is 23.0. The van der Waals surface area contributed by atoms with Gasteiger partial charge in [0, 0.05) is 22.0 Å². The number of nitrogens with zero attached hydrogens (tertiary/aromatic N) is 4. The number of aromatic hydroxyl groups is 1. The van der Waals surface area contributed by atoms with E-state index in [4.69, 9.17) is 16.3 Å². The fraction of sp³-hybridized carbons (Fsp3) is 0.0435. The van der Waals surface area contributed by atoms with Crippen molar-refractivity contribution < 1.29 is 9.84 Å². The number of methoxy groups -OCH3 is 1. The summed E-state index contributed by atoms with van der Waals surface area (Å²) in [6.07, 6.45) is 1.42. The number of para-hydroxylation sites is 1. The third-order valence-electron chi connectivity index (χ3n) is 4.37. The van der Waals surface area contributed by atoms with Crippen LogP contribution in [0.5, 0.6) is 11.5 Å². The minimum Gasteiger partial charge on any atom is -0.507 e. The van der Waals surface area contributed by atoms with E-state index in [0.29, 0.717) is 22.5 Å². The number of halogens is 1. The molecule has 0 amide bonds. The molecule has 0 saturated carbocycles. The Morgan fingerprint density at radius 1 is 0.848 bits per heavy atom. The molecule has 0 unspecified atom stereocenters. The van der Waals surface area contributed by atoms with E-state index in [1.165, 1.54) is 12.3 Å². The van der Waals surface area contributed by atoms with E-state index in [0.717, 1.165) is 17.1 Å². The Morgan fingerprint density at radius 2 is 1.48 bits per heavy atom. The highest BCUT2D eigenvalue weighted by Gasteiger charge is 2.08. The third-order valence-corrected chi connectivity index (χ3v) is 4.60. The number of nitrogens with one attached hydrogen (secondary N) is 3. The van der Waals surface area contributed by atoms with Crippen molar-refractivity contribution in [2.45, 2.75) is 0 Å². The molecule has 0 aliphatic carbocycles. The fourth-order valence-corrected chi connectivity index (χ4v) is 2.96. The molecule has 0 bridgehead atoms. The van der Waals surface area contributed by atoms with Crippen LogP contribution in [0.2, 0.25) is 5.02 Å². The lowest BCUT2D eigenvalue weighted by Crippen LogP contribution is -2.07. The Morgan fingerprint density at radius 3 is 2.15 bits per heavy atom. The average molecular weight is 462 g/mol. The summed E-state index contributed by atoms with van der Waals surface area (Å²) < 4.78 is 5.19. The maximum absolute atomic E-state index is 9.94. The molecule has 0 radical (unpaired) electrons. The lowest BCUT2D eigenvalue weighted by Gasteiger charge is -2.10. The van der Waals surface area contributed by atoms with Crippen molar-refractivity contribution in [2.75, 3.05) is 23.2 Å². The van der Waals surface area contributed by atoms with E-state index in [1.807, 2.05) is 54.6 Å². The van der Waals surface area contributed by atoms with Crippen LogP contribution in [-0.4, -0.2) is 33.4 Å². The molecular weight excluding hydrogens is 442 g/mol. The zero-order valence-corrected chi connectivity index (χ0v) is 18.3. The van der Waals surface area contributed by atoms with Crippen LogP contribution < -0.4 is 20.8 Å². The fourth-order valence-electron chi connectivity index (χ4n) is 2.78. The highest BCUT2D eigenvalue weighted by Crippen LogP contribution is 2.22. The van der Waals surface area contributed by atoms with Gasteiger partial charge in [0.2, 0.25) is 17.8 Å². The van der Waals surface area contributed by atoms with E-state index < -0.39 is 0 Å². The number of hydrogen-bond acceptors (Lipinski definition) is 9. The smallest absolute Gasteiger partial charge is 0.250 e. The Kier molecular flexibility index (Phi) is 6.81. The van der Waals surface area contributed by atoms with Crippen molar-refractivity contribution in [3.8, 4) is 11.5 Å². The van der Waals surface area contributed by atoms with Gasteiger partial charge in [0.05, 0.1) is 13.3 Å². The van der Waals surface area contributed by atoms with Gasteiger partial charge in [-0.15, -0.1) is 0 Å². The number of ether oxygens (including phenoxy) is 1. The molecule has 9 nitrogen and oxygen atoms in total. The predicted molar refractivity (Wildman–Crippen MR) is 130 cm³/mol. The Labute approximate surface area is 195 Å². The Hall–Kier alpha value is -4.37. The van der Waals surface area contributed by atoms with Gasteiger partial charge in [-0.1, -0.05) is 29.8 Å².